The minimum Gasteiger partial charge on any atom is -0.327 e. The third kappa shape index (κ3) is 2.25. The van der Waals surface area contributed by atoms with Gasteiger partial charge in [-0.15, -0.1) is 0 Å². The molecule has 1 saturated carbocycles. The lowest BCUT2D eigenvalue weighted by Crippen LogP contribution is -2.27. The molecule has 2 atom stereocenters. The number of nitrogens with two attached hydrogens (primary N) is 1. The van der Waals surface area contributed by atoms with Crippen molar-refractivity contribution in [1.82, 2.24) is 4.98 Å². The molecule has 0 spiro atoms. The summed E-state index contributed by atoms with van der Waals surface area (Å²) in [4.78, 5) is 4.44. The van der Waals surface area contributed by atoms with Crippen LogP contribution in [0.1, 0.15) is 43.6 Å². The zero-order valence-corrected chi connectivity index (χ0v) is 10.7. The van der Waals surface area contributed by atoms with Crippen molar-refractivity contribution < 1.29 is 0 Å². The molecule has 0 aliphatic heterocycles. The fourth-order valence-corrected chi connectivity index (χ4v) is 3.06. The Bertz CT molecular complexity index is 535. The number of hydrogen-bond donors (Lipinski definition) is 1. The van der Waals surface area contributed by atoms with Gasteiger partial charge in [0.05, 0.1) is 5.52 Å². The maximum atomic E-state index is 6.33. The fraction of sp³-hybridized carbons (Fsp3) is 0.438. The number of benzene rings is 1. The van der Waals surface area contributed by atoms with Crippen LogP contribution in [0.5, 0.6) is 0 Å². The molecule has 1 aromatic carbocycles. The van der Waals surface area contributed by atoms with E-state index in [1.54, 1.807) is 0 Å². The smallest absolute Gasteiger partial charge is 0.0704 e. The van der Waals surface area contributed by atoms with Gasteiger partial charge in [-0.05, 0) is 36.5 Å². The SMILES string of the molecule is NC1CCCCCC1c1ccc2cccnc2c1. The summed E-state index contributed by atoms with van der Waals surface area (Å²) >= 11 is 0. The monoisotopic (exact) mass is 240 g/mol. The van der Waals surface area contributed by atoms with Gasteiger partial charge < -0.3 is 5.73 Å². The van der Waals surface area contributed by atoms with Crippen LogP contribution in [0.2, 0.25) is 0 Å². The Morgan fingerprint density at radius 1 is 1.06 bits per heavy atom. The molecule has 2 heteroatoms. The Kier molecular flexibility index (Phi) is 3.28. The number of aromatic nitrogens is 1. The van der Waals surface area contributed by atoms with E-state index in [1.807, 2.05) is 12.3 Å². The maximum absolute atomic E-state index is 6.33. The van der Waals surface area contributed by atoms with Crippen LogP contribution in [0.3, 0.4) is 0 Å². The zero-order valence-electron chi connectivity index (χ0n) is 10.7. The van der Waals surface area contributed by atoms with E-state index >= 15 is 0 Å². The summed E-state index contributed by atoms with van der Waals surface area (Å²) in [5.41, 5.74) is 8.79. The van der Waals surface area contributed by atoms with Gasteiger partial charge >= 0.3 is 0 Å². The maximum Gasteiger partial charge on any atom is 0.0704 e. The van der Waals surface area contributed by atoms with Crippen molar-refractivity contribution in [3.05, 3.63) is 42.1 Å². The molecule has 2 unspecified atom stereocenters. The third-order valence-electron chi connectivity index (χ3n) is 4.13. The van der Waals surface area contributed by atoms with Crippen molar-refractivity contribution in [3.8, 4) is 0 Å². The molecule has 1 aromatic heterocycles. The lowest BCUT2D eigenvalue weighted by atomic mass is 9.87. The Morgan fingerprint density at radius 2 is 1.94 bits per heavy atom. The highest BCUT2D eigenvalue weighted by molar-refractivity contribution is 5.79. The largest absolute Gasteiger partial charge is 0.327 e. The van der Waals surface area contributed by atoms with Crippen LogP contribution < -0.4 is 5.73 Å². The quantitative estimate of drug-likeness (QED) is 0.773. The average Bonchev–Trinajstić information content (AvgIpc) is 2.63. The molecule has 1 aliphatic carbocycles. The highest BCUT2D eigenvalue weighted by atomic mass is 14.7. The standard InChI is InChI=1S/C16H20N2/c17-15-7-3-1-2-6-14(15)13-9-8-12-5-4-10-18-16(12)11-13/h4-5,8-11,14-15H,1-3,6-7,17H2. The Balaban J connectivity index is 1.97. The van der Waals surface area contributed by atoms with Crippen molar-refractivity contribution in [2.24, 2.45) is 5.73 Å². The van der Waals surface area contributed by atoms with Crippen molar-refractivity contribution in [2.75, 3.05) is 0 Å². The highest BCUT2D eigenvalue weighted by Gasteiger charge is 2.22. The summed E-state index contributed by atoms with van der Waals surface area (Å²) < 4.78 is 0. The zero-order chi connectivity index (χ0) is 12.4. The molecule has 2 N–H and O–H groups in total. The van der Waals surface area contributed by atoms with Crippen LogP contribution in [0.25, 0.3) is 10.9 Å². The van der Waals surface area contributed by atoms with Crippen LogP contribution >= 0.6 is 0 Å². The molecule has 0 saturated heterocycles. The molecule has 2 nitrogen and oxygen atoms in total. The number of rotatable bonds is 1. The Hall–Kier alpha value is -1.41. The first kappa shape index (κ1) is 11.7. The normalized spacial score (nSPS) is 24.9. The van der Waals surface area contributed by atoms with Gasteiger partial charge in [-0.2, -0.15) is 0 Å². The van der Waals surface area contributed by atoms with Gasteiger partial charge in [0.2, 0.25) is 0 Å². The average molecular weight is 240 g/mol. The van der Waals surface area contributed by atoms with E-state index < -0.39 is 0 Å². The first-order valence-corrected chi connectivity index (χ1v) is 6.95. The van der Waals surface area contributed by atoms with Crippen LogP contribution in [-0.4, -0.2) is 11.0 Å². The van der Waals surface area contributed by atoms with Crippen molar-refractivity contribution in [2.45, 2.75) is 44.1 Å². The predicted octanol–water partition coefficient (Wildman–Crippen LogP) is 3.61. The first-order chi connectivity index (χ1) is 8.84. The molecule has 3 rings (SSSR count). The molecule has 1 aliphatic rings. The molecule has 94 valence electrons. The number of nitrogens with zero attached hydrogens (tertiary/aromatic N) is 1. The second-order valence-corrected chi connectivity index (χ2v) is 5.36. The molecule has 18 heavy (non-hydrogen) atoms. The van der Waals surface area contributed by atoms with Gasteiger partial charge in [0, 0.05) is 17.6 Å². The lowest BCUT2D eigenvalue weighted by molar-refractivity contribution is 0.505. The van der Waals surface area contributed by atoms with Crippen LogP contribution in [0, 0.1) is 0 Å². The molecule has 0 bridgehead atoms. The van der Waals surface area contributed by atoms with Crippen LogP contribution in [0.15, 0.2) is 36.5 Å². The van der Waals surface area contributed by atoms with Crippen molar-refractivity contribution in [1.29, 1.82) is 0 Å². The summed E-state index contributed by atoms with van der Waals surface area (Å²) in [6.45, 7) is 0. The van der Waals surface area contributed by atoms with E-state index in [0.29, 0.717) is 12.0 Å². The van der Waals surface area contributed by atoms with Gasteiger partial charge in [0.1, 0.15) is 0 Å². The molecular formula is C16H20N2. The summed E-state index contributed by atoms with van der Waals surface area (Å²) in [6.07, 6.45) is 8.15. The van der Waals surface area contributed by atoms with E-state index in [2.05, 4.69) is 29.2 Å². The molecule has 0 radical (unpaired) electrons. The Labute approximate surface area is 108 Å². The fourth-order valence-electron chi connectivity index (χ4n) is 3.06. The van der Waals surface area contributed by atoms with Crippen LogP contribution in [-0.2, 0) is 0 Å². The summed E-state index contributed by atoms with van der Waals surface area (Å²) in [7, 11) is 0. The molecule has 1 heterocycles. The highest BCUT2D eigenvalue weighted by Crippen LogP contribution is 2.32. The second-order valence-electron chi connectivity index (χ2n) is 5.36. The topological polar surface area (TPSA) is 38.9 Å². The summed E-state index contributed by atoms with van der Waals surface area (Å²) in [6, 6.07) is 11.0. The summed E-state index contributed by atoms with van der Waals surface area (Å²) in [5, 5.41) is 1.21. The van der Waals surface area contributed by atoms with Gasteiger partial charge in [-0.25, -0.2) is 0 Å². The van der Waals surface area contributed by atoms with Gasteiger partial charge in [0.15, 0.2) is 0 Å². The van der Waals surface area contributed by atoms with E-state index in [1.165, 1.54) is 36.6 Å². The minimum atomic E-state index is 0.314. The van der Waals surface area contributed by atoms with Crippen LogP contribution in [0.4, 0.5) is 0 Å². The molecule has 2 aromatic rings. The molecular weight excluding hydrogens is 220 g/mol. The second kappa shape index (κ2) is 5.07. The minimum absolute atomic E-state index is 0.314. The van der Waals surface area contributed by atoms with E-state index in [0.717, 1.165) is 11.9 Å². The van der Waals surface area contributed by atoms with Gasteiger partial charge in [-0.1, -0.05) is 37.5 Å². The summed E-state index contributed by atoms with van der Waals surface area (Å²) in [5.74, 6) is 0.513. The van der Waals surface area contributed by atoms with E-state index in [-0.39, 0.29) is 0 Å². The van der Waals surface area contributed by atoms with Crippen molar-refractivity contribution in [3.63, 3.8) is 0 Å². The lowest BCUT2D eigenvalue weighted by Gasteiger charge is -2.22. The first-order valence-electron chi connectivity index (χ1n) is 6.95. The van der Waals surface area contributed by atoms with Gasteiger partial charge in [-0.3, -0.25) is 4.98 Å². The Morgan fingerprint density at radius 3 is 2.89 bits per heavy atom. The predicted molar refractivity (Wildman–Crippen MR) is 75.5 cm³/mol. The number of hydrogen-bond acceptors (Lipinski definition) is 2. The number of fused-ring (bicyclic) bond motifs is 1. The van der Waals surface area contributed by atoms with E-state index in [9.17, 15) is 0 Å². The van der Waals surface area contributed by atoms with Gasteiger partial charge in [0.25, 0.3) is 0 Å². The third-order valence-corrected chi connectivity index (χ3v) is 4.13. The molecule has 1 fully saturated rings. The molecule has 0 amide bonds. The van der Waals surface area contributed by atoms with E-state index in [4.69, 9.17) is 5.73 Å². The number of pyridine rings is 1. The van der Waals surface area contributed by atoms with Crippen molar-refractivity contribution >= 4 is 10.9 Å².